The summed E-state index contributed by atoms with van der Waals surface area (Å²) in [4.78, 5) is 28.9. The van der Waals surface area contributed by atoms with Gasteiger partial charge < -0.3 is 19.3 Å². The molecule has 0 radical (unpaired) electrons. The maximum atomic E-state index is 12.8. The lowest BCUT2D eigenvalue weighted by molar-refractivity contribution is -0.134. The highest BCUT2D eigenvalue weighted by Gasteiger charge is 2.37. The van der Waals surface area contributed by atoms with Gasteiger partial charge in [-0.1, -0.05) is 0 Å². The normalized spacial score (nSPS) is 19.0. The van der Waals surface area contributed by atoms with Gasteiger partial charge in [-0.2, -0.15) is 0 Å². The fraction of sp³-hybridized carbons (Fsp3) is 0.500. The van der Waals surface area contributed by atoms with E-state index in [1.807, 2.05) is 13.8 Å². The Kier molecular flexibility index (Phi) is 4.66. The number of carbonyl (C=O) groups is 2. The van der Waals surface area contributed by atoms with Crippen LogP contribution in [0.3, 0.4) is 0 Å². The van der Waals surface area contributed by atoms with Gasteiger partial charge in [-0.15, -0.1) is 11.8 Å². The van der Waals surface area contributed by atoms with E-state index in [0.717, 1.165) is 0 Å². The molecule has 3 rings (SSSR count). The smallest absolute Gasteiger partial charge is 0.255 e. The van der Waals surface area contributed by atoms with E-state index in [0.29, 0.717) is 41.8 Å². The maximum absolute atomic E-state index is 12.8. The van der Waals surface area contributed by atoms with Crippen LogP contribution < -0.4 is 9.47 Å². The van der Waals surface area contributed by atoms with Gasteiger partial charge in [0.1, 0.15) is 6.04 Å². The second kappa shape index (κ2) is 6.70. The first-order chi connectivity index (χ1) is 11.2. The van der Waals surface area contributed by atoms with Crippen LogP contribution in [0.15, 0.2) is 18.2 Å². The van der Waals surface area contributed by atoms with Crippen molar-refractivity contribution in [2.24, 2.45) is 0 Å². The van der Waals surface area contributed by atoms with Crippen molar-refractivity contribution in [1.29, 1.82) is 0 Å². The Hall–Kier alpha value is -1.89. The Labute approximate surface area is 139 Å². The maximum Gasteiger partial charge on any atom is 0.255 e. The van der Waals surface area contributed by atoms with Crippen molar-refractivity contribution in [3.8, 4) is 11.5 Å². The topological polar surface area (TPSA) is 59.1 Å². The van der Waals surface area contributed by atoms with Crippen LogP contribution in [-0.4, -0.2) is 59.2 Å². The van der Waals surface area contributed by atoms with Crippen LogP contribution in [0.25, 0.3) is 0 Å². The van der Waals surface area contributed by atoms with Gasteiger partial charge in [0.2, 0.25) is 12.7 Å². The third-order valence-corrected chi connectivity index (χ3v) is 5.14. The van der Waals surface area contributed by atoms with Gasteiger partial charge in [0.25, 0.3) is 5.91 Å². The van der Waals surface area contributed by atoms with Crippen LogP contribution in [0.1, 0.15) is 24.2 Å². The van der Waals surface area contributed by atoms with Crippen molar-refractivity contribution in [1.82, 2.24) is 9.80 Å². The molecule has 7 heteroatoms. The Morgan fingerprint density at radius 1 is 1.26 bits per heavy atom. The zero-order valence-corrected chi connectivity index (χ0v) is 14.1. The minimum atomic E-state index is -0.391. The first-order valence-corrected chi connectivity index (χ1v) is 8.88. The molecule has 23 heavy (non-hydrogen) atoms. The number of fused-ring (bicyclic) bond motifs is 1. The molecule has 1 fully saturated rings. The van der Waals surface area contributed by atoms with Gasteiger partial charge in [-0.25, -0.2) is 0 Å². The third kappa shape index (κ3) is 2.97. The largest absolute Gasteiger partial charge is 0.454 e. The number of nitrogens with zero attached hydrogens (tertiary/aromatic N) is 2. The molecular weight excluding hydrogens is 316 g/mol. The summed E-state index contributed by atoms with van der Waals surface area (Å²) in [6, 6.07) is 4.75. The van der Waals surface area contributed by atoms with E-state index in [1.54, 1.807) is 39.8 Å². The summed E-state index contributed by atoms with van der Waals surface area (Å²) < 4.78 is 10.6. The quantitative estimate of drug-likeness (QED) is 0.839. The molecule has 2 aliphatic rings. The van der Waals surface area contributed by atoms with Crippen LogP contribution in [-0.2, 0) is 4.79 Å². The first kappa shape index (κ1) is 16.0. The van der Waals surface area contributed by atoms with E-state index >= 15 is 0 Å². The minimum Gasteiger partial charge on any atom is -0.454 e. The van der Waals surface area contributed by atoms with E-state index in [-0.39, 0.29) is 18.6 Å². The van der Waals surface area contributed by atoms with Crippen LogP contribution in [0.4, 0.5) is 0 Å². The lowest BCUT2D eigenvalue weighted by Crippen LogP contribution is -2.48. The molecule has 2 aliphatic heterocycles. The van der Waals surface area contributed by atoms with Gasteiger partial charge in [-0.3, -0.25) is 9.59 Å². The number of amides is 2. The average molecular weight is 336 g/mol. The van der Waals surface area contributed by atoms with E-state index in [2.05, 4.69) is 0 Å². The van der Waals surface area contributed by atoms with Crippen LogP contribution >= 0.6 is 11.8 Å². The third-order valence-electron chi connectivity index (χ3n) is 4.12. The van der Waals surface area contributed by atoms with Crippen molar-refractivity contribution in [3.05, 3.63) is 23.8 Å². The second-order valence-electron chi connectivity index (χ2n) is 5.37. The summed E-state index contributed by atoms with van der Waals surface area (Å²) in [5.41, 5.74) is 0.522. The van der Waals surface area contributed by atoms with Gasteiger partial charge >= 0.3 is 0 Å². The Bertz CT molecular complexity index is 618. The lowest BCUT2D eigenvalue weighted by atomic mass is 10.1. The molecule has 1 aromatic rings. The van der Waals surface area contributed by atoms with Crippen molar-refractivity contribution < 1.29 is 19.1 Å². The fourth-order valence-corrected chi connectivity index (χ4v) is 3.93. The number of likely N-dealkylation sites (N-methyl/N-ethyl adjacent to an activating group) is 1. The molecule has 0 aliphatic carbocycles. The molecule has 0 N–H and O–H groups in total. The van der Waals surface area contributed by atoms with Crippen LogP contribution in [0.5, 0.6) is 11.5 Å². The highest BCUT2D eigenvalue weighted by Crippen LogP contribution is 2.33. The summed E-state index contributed by atoms with van der Waals surface area (Å²) in [6.45, 7) is 5.39. The molecule has 1 aromatic carbocycles. The fourth-order valence-electron chi connectivity index (χ4n) is 2.79. The van der Waals surface area contributed by atoms with E-state index in [4.69, 9.17) is 9.47 Å². The average Bonchev–Trinajstić information content (AvgIpc) is 3.23. The molecule has 2 heterocycles. The number of hydrogen-bond acceptors (Lipinski definition) is 5. The molecule has 0 spiro atoms. The second-order valence-corrected chi connectivity index (χ2v) is 6.37. The standard InChI is InChI=1S/C16H20N2O4S/c1-3-17(4-2)16(20)12-8-23-9-18(12)15(19)11-5-6-13-14(7-11)22-10-21-13/h5-7,12H,3-4,8-10H2,1-2H3. The summed E-state index contributed by atoms with van der Waals surface area (Å²) in [6.07, 6.45) is 0. The molecule has 1 unspecified atom stereocenters. The molecule has 0 saturated carbocycles. The molecule has 0 aromatic heterocycles. The summed E-state index contributed by atoms with van der Waals surface area (Å²) in [7, 11) is 0. The van der Waals surface area contributed by atoms with Crippen molar-refractivity contribution >= 4 is 23.6 Å². The molecule has 1 atom stereocenters. The van der Waals surface area contributed by atoms with E-state index in [9.17, 15) is 9.59 Å². The molecule has 2 amide bonds. The monoisotopic (exact) mass is 336 g/mol. The molecular formula is C16H20N2O4S. The van der Waals surface area contributed by atoms with Gasteiger partial charge in [0, 0.05) is 24.4 Å². The van der Waals surface area contributed by atoms with Gasteiger partial charge in [0.05, 0.1) is 5.88 Å². The number of hydrogen-bond donors (Lipinski definition) is 0. The van der Waals surface area contributed by atoms with Gasteiger partial charge in [0.15, 0.2) is 11.5 Å². The zero-order chi connectivity index (χ0) is 16.4. The number of ether oxygens (including phenoxy) is 2. The number of carbonyl (C=O) groups excluding carboxylic acids is 2. The predicted molar refractivity (Wildman–Crippen MR) is 87.8 cm³/mol. The molecule has 124 valence electrons. The highest BCUT2D eigenvalue weighted by atomic mass is 32.2. The summed E-state index contributed by atoms with van der Waals surface area (Å²) >= 11 is 1.61. The molecule has 6 nitrogen and oxygen atoms in total. The minimum absolute atomic E-state index is 0.0223. The predicted octanol–water partition coefficient (Wildman–Crippen LogP) is 1.80. The van der Waals surface area contributed by atoms with Crippen molar-refractivity contribution in [2.45, 2.75) is 19.9 Å². The SMILES string of the molecule is CCN(CC)C(=O)C1CSCN1C(=O)c1ccc2c(c1)OCO2. The summed E-state index contributed by atoms with van der Waals surface area (Å²) in [5.74, 6) is 2.28. The van der Waals surface area contributed by atoms with Crippen LogP contribution in [0.2, 0.25) is 0 Å². The lowest BCUT2D eigenvalue weighted by Gasteiger charge is -2.28. The highest BCUT2D eigenvalue weighted by molar-refractivity contribution is 7.99. The number of rotatable bonds is 4. The Morgan fingerprint density at radius 3 is 2.74 bits per heavy atom. The van der Waals surface area contributed by atoms with E-state index < -0.39 is 6.04 Å². The van der Waals surface area contributed by atoms with Crippen molar-refractivity contribution in [2.75, 3.05) is 31.5 Å². The molecule has 1 saturated heterocycles. The molecule has 0 bridgehead atoms. The van der Waals surface area contributed by atoms with Gasteiger partial charge in [-0.05, 0) is 32.0 Å². The number of thioether (sulfide) groups is 1. The zero-order valence-electron chi connectivity index (χ0n) is 13.3. The van der Waals surface area contributed by atoms with Crippen molar-refractivity contribution in [3.63, 3.8) is 0 Å². The van der Waals surface area contributed by atoms with Crippen LogP contribution in [0, 0.1) is 0 Å². The number of benzene rings is 1. The first-order valence-electron chi connectivity index (χ1n) is 7.72. The Morgan fingerprint density at radius 2 is 2.00 bits per heavy atom. The Balaban J connectivity index is 1.79. The summed E-state index contributed by atoms with van der Waals surface area (Å²) in [5, 5.41) is 0. The van der Waals surface area contributed by atoms with E-state index in [1.165, 1.54) is 0 Å².